The number of anilines is 2. The molecule has 1 amide bonds. The van der Waals surface area contributed by atoms with Gasteiger partial charge >= 0.3 is 0 Å². The topological polar surface area (TPSA) is 46.3 Å². The molecule has 0 unspecified atom stereocenters. The van der Waals surface area contributed by atoms with Crippen LogP contribution in [0, 0.1) is 6.92 Å². The van der Waals surface area contributed by atoms with Gasteiger partial charge in [-0.05, 0) is 42.8 Å². The SMILES string of the molecule is Cc1cc(C(=O)N2CCSc3ccccc32)ccc1N. The van der Waals surface area contributed by atoms with Gasteiger partial charge in [0.05, 0.1) is 5.69 Å². The lowest BCUT2D eigenvalue weighted by atomic mass is 10.1. The summed E-state index contributed by atoms with van der Waals surface area (Å²) in [6.07, 6.45) is 0. The molecule has 0 saturated heterocycles. The molecule has 20 heavy (non-hydrogen) atoms. The number of nitrogen functional groups attached to an aromatic ring is 1. The van der Waals surface area contributed by atoms with Crippen molar-refractivity contribution in [1.29, 1.82) is 0 Å². The van der Waals surface area contributed by atoms with Gasteiger partial charge in [-0.3, -0.25) is 4.79 Å². The number of thioether (sulfide) groups is 1. The molecule has 1 aliphatic heterocycles. The summed E-state index contributed by atoms with van der Waals surface area (Å²) in [4.78, 5) is 15.7. The molecule has 3 nitrogen and oxygen atoms in total. The van der Waals surface area contributed by atoms with Crippen molar-refractivity contribution in [3.05, 3.63) is 53.6 Å². The van der Waals surface area contributed by atoms with Gasteiger partial charge in [0, 0.05) is 28.4 Å². The van der Waals surface area contributed by atoms with Gasteiger partial charge in [-0.15, -0.1) is 11.8 Å². The summed E-state index contributed by atoms with van der Waals surface area (Å²) in [6, 6.07) is 13.5. The van der Waals surface area contributed by atoms with Crippen LogP contribution < -0.4 is 10.6 Å². The molecule has 0 fully saturated rings. The molecule has 0 bridgehead atoms. The van der Waals surface area contributed by atoms with E-state index < -0.39 is 0 Å². The third kappa shape index (κ3) is 2.27. The zero-order chi connectivity index (χ0) is 14.1. The highest BCUT2D eigenvalue weighted by atomic mass is 32.2. The van der Waals surface area contributed by atoms with Crippen LogP contribution in [0.1, 0.15) is 15.9 Å². The van der Waals surface area contributed by atoms with Crippen LogP contribution in [0.4, 0.5) is 11.4 Å². The minimum atomic E-state index is 0.0425. The van der Waals surface area contributed by atoms with Crippen LogP contribution in [0.5, 0.6) is 0 Å². The number of benzene rings is 2. The van der Waals surface area contributed by atoms with Crippen LogP contribution in [-0.2, 0) is 0 Å². The fraction of sp³-hybridized carbons (Fsp3) is 0.188. The van der Waals surface area contributed by atoms with Crippen LogP contribution in [-0.4, -0.2) is 18.2 Å². The van der Waals surface area contributed by atoms with E-state index in [1.54, 1.807) is 23.9 Å². The molecule has 0 aliphatic carbocycles. The lowest BCUT2D eigenvalue weighted by Gasteiger charge is -2.29. The van der Waals surface area contributed by atoms with Crippen LogP contribution in [0.25, 0.3) is 0 Å². The number of nitrogens with zero attached hydrogens (tertiary/aromatic N) is 1. The first-order chi connectivity index (χ1) is 9.66. The maximum Gasteiger partial charge on any atom is 0.258 e. The highest BCUT2D eigenvalue weighted by Crippen LogP contribution is 2.35. The highest BCUT2D eigenvalue weighted by Gasteiger charge is 2.23. The number of nitrogens with two attached hydrogens (primary N) is 1. The van der Waals surface area contributed by atoms with E-state index >= 15 is 0 Å². The third-order valence-corrected chi connectivity index (χ3v) is 4.53. The quantitative estimate of drug-likeness (QED) is 0.817. The van der Waals surface area contributed by atoms with Gasteiger partial charge in [0.15, 0.2) is 0 Å². The Bertz CT molecular complexity index is 669. The number of hydrogen-bond donors (Lipinski definition) is 1. The van der Waals surface area contributed by atoms with E-state index in [1.165, 1.54) is 4.90 Å². The number of aryl methyl sites for hydroxylation is 1. The van der Waals surface area contributed by atoms with Crippen LogP contribution in [0.3, 0.4) is 0 Å². The molecule has 2 N–H and O–H groups in total. The Kier molecular flexibility index (Phi) is 3.40. The van der Waals surface area contributed by atoms with Gasteiger partial charge in [-0.25, -0.2) is 0 Å². The number of rotatable bonds is 1. The van der Waals surface area contributed by atoms with Crippen molar-refractivity contribution < 1.29 is 4.79 Å². The highest BCUT2D eigenvalue weighted by molar-refractivity contribution is 7.99. The first kappa shape index (κ1) is 13.1. The molecular weight excluding hydrogens is 268 g/mol. The Morgan fingerprint density at radius 1 is 1.25 bits per heavy atom. The molecule has 4 heteroatoms. The normalized spacial score (nSPS) is 13.9. The summed E-state index contributed by atoms with van der Waals surface area (Å²) in [5.41, 5.74) is 9.17. The molecule has 3 rings (SSSR count). The summed E-state index contributed by atoms with van der Waals surface area (Å²) in [7, 11) is 0. The van der Waals surface area contributed by atoms with Crippen LogP contribution in [0.2, 0.25) is 0 Å². The summed E-state index contributed by atoms with van der Waals surface area (Å²) in [6.45, 7) is 2.66. The number of carbonyl (C=O) groups excluding carboxylic acids is 1. The molecule has 0 atom stereocenters. The monoisotopic (exact) mass is 284 g/mol. The zero-order valence-electron chi connectivity index (χ0n) is 11.3. The second-order valence-corrected chi connectivity index (χ2v) is 5.98. The van der Waals surface area contributed by atoms with E-state index in [1.807, 2.05) is 36.1 Å². The summed E-state index contributed by atoms with van der Waals surface area (Å²) in [5.74, 6) is 0.970. The molecule has 0 aromatic heterocycles. The van der Waals surface area contributed by atoms with Crippen molar-refractivity contribution in [1.82, 2.24) is 0 Å². The number of carbonyl (C=O) groups is 1. The van der Waals surface area contributed by atoms with Crippen molar-refractivity contribution >= 4 is 29.0 Å². The summed E-state index contributed by atoms with van der Waals surface area (Å²) in [5, 5.41) is 0. The van der Waals surface area contributed by atoms with Gasteiger partial charge in [-0.1, -0.05) is 12.1 Å². The fourth-order valence-electron chi connectivity index (χ4n) is 2.35. The summed E-state index contributed by atoms with van der Waals surface area (Å²) < 4.78 is 0. The predicted molar refractivity (Wildman–Crippen MR) is 84.4 cm³/mol. The largest absolute Gasteiger partial charge is 0.399 e. The molecule has 1 heterocycles. The Hall–Kier alpha value is -1.94. The summed E-state index contributed by atoms with van der Waals surface area (Å²) >= 11 is 1.80. The second kappa shape index (κ2) is 5.21. The van der Waals surface area contributed by atoms with Crippen molar-refractivity contribution in [3.8, 4) is 0 Å². The number of fused-ring (bicyclic) bond motifs is 1. The van der Waals surface area contributed by atoms with Crippen molar-refractivity contribution in [3.63, 3.8) is 0 Å². The molecule has 2 aromatic rings. The van der Waals surface area contributed by atoms with E-state index in [2.05, 4.69) is 6.07 Å². The Balaban J connectivity index is 1.97. The standard InChI is InChI=1S/C16H16N2OS/c1-11-10-12(6-7-13(11)17)16(19)18-8-9-20-15-5-3-2-4-14(15)18/h2-7,10H,8-9,17H2,1H3. The first-order valence-corrected chi connectivity index (χ1v) is 7.55. The lowest BCUT2D eigenvalue weighted by molar-refractivity contribution is 0.0987. The van der Waals surface area contributed by atoms with Crippen LogP contribution >= 0.6 is 11.8 Å². The average molecular weight is 284 g/mol. The number of hydrogen-bond acceptors (Lipinski definition) is 3. The van der Waals surface area contributed by atoms with E-state index in [0.717, 1.165) is 29.2 Å². The Morgan fingerprint density at radius 2 is 2.05 bits per heavy atom. The van der Waals surface area contributed by atoms with E-state index in [-0.39, 0.29) is 5.91 Å². The van der Waals surface area contributed by atoms with Crippen molar-refractivity contribution in [2.24, 2.45) is 0 Å². The van der Waals surface area contributed by atoms with E-state index in [4.69, 9.17) is 5.73 Å². The number of para-hydroxylation sites is 1. The zero-order valence-corrected chi connectivity index (χ0v) is 12.1. The number of amides is 1. The molecule has 102 valence electrons. The van der Waals surface area contributed by atoms with Crippen molar-refractivity contribution in [2.45, 2.75) is 11.8 Å². The second-order valence-electron chi connectivity index (χ2n) is 4.84. The molecule has 0 spiro atoms. The van der Waals surface area contributed by atoms with Gasteiger partial charge in [0.25, 0.3) is 5.91 Å². The molecule has 0 radical (unpaired) electrons. The van der Waals surface area contributed by atoms with E-state index in [9.17, 15) is 4.79 Å². The molecule has 0 saturated carbocycles. The Morgan fingerprint density at radius 3 is 2.85 bits per heavy atom. The third-order valence-electron chi connectivity index (χ3n) is 3.49. The smallest absolute Gasteiger partial charge is 0.258 e. The van der Waals surface area contributed by atoms with Gasteiger partial charge in [0.1, 0.15) is 0 Å². The maximum atomic E-state index is 12.7. The first-order valence-electron chi connectivity index (χ1n) is 6.56. The fourth-order valence-corrected chi connectivity index (χ4v) is 3.34. The van der Waals surface area contributed by atoms with Gasteiger partial charge in [-0.2, -0.15) is 0 Å². The van der Waals surface area contributed by atoms with Crippen molar-refractivity contribution in [2.75, 3.05) is 22.9 Å². The Labute approximate surface area is 122 Å². The predicted octanol–water partition coefficient (Wildman–Crippen LogP) is 3.33. The molecule has 1 aliphatic rings. The van der Waals surface area contributed by atoms with Gasteiger partial charge < -0.3 is 10.6 Å². The van der Waals surface area contributed by atoms with Crippen LogP contribution in [0.15, 0.2) is 47.4 Å². The lowest BCUT2D eigenvalue weighted by Crippen LogP contribution is -2.35. The minimum Gasteiger partial charge on any atom is -0.399 e. The maximum absolute atomic E-state index is 12.7. The minimum absolute atomic E-state index is 0.0425. The average Bonchev–Trinajstić information content (AvgIpc) is 2.49. The van der Waals surface area contributed by atoms with E-state index in [0.29, 0.717) is 5.56 Å². The molecule has 2 aromatic carbocycles. The molecular formula is C16H16N2OS. The van der Waals surface area contributed by atoms with Gasteiger partial charge in [0.2, 0.25) is 0 Å².